The summed E-state index contributed by atoms with van der Waals surface area (Å²) < 4.78 is 19.7. The number of ether oxygens (including phenoxy) is 1. The van der Waals surface area contributed by atoms with Crippen molar-refractivity contribution < 1.29 is 13.9 Å². The van der Waals surface area contributed by atoms with Gasteiger partial charge in [0.25, 0.3) is 5.91 Å². The molecule has 9 heteroatoms. The molecule has 2 aromatic heterocycles. The molecule has 1 N–H and O–H groups in total. The van der Waals surface area contributed by atoms with Gasteiger partial charge < -0.3 is 10.1 Å². The van der Waals surface area contributed by atoms with Crippen molar-refractivity contribution >= 4 is 22.2 Å². The zero-order valence-corrected chi connectivity index (χ0v) is 13.1. The SMILES string of the molecule is Cc1nnc2sc(CCNC(=O)COc3ccc(F)cc3)nn12. The molecule has 0 aliphatic rings. The maximum atomic E-state index is 12.7. The number of amides is 1. The average Bonchev–Trinajstić information content (AvgIpc) is 3.09. The molecule has 0 radical (unpaired) electrons. The molecular weight excluding hydrogens is 321 g/mol. The summed E-state index contributed by atoms with van der Waals surface area (Å²) in [6.07, 6.45) is 0.607. The van der Waals surface area contributed by atoms with E-state index in [0.717, 1.165) is 15.8 Å². The number of nitrogens with one attached hydrogen (secondary N) is 1. The molecule has 2 heterocycles. The van der Waals surface area contributed by atoms with Crippen LogP contribution in [-0.4, -0.2) is 38.9 Å². The summed E-state index contributed by atoms with van der Waals surface area (Å²) in [5.41, 5.74) is 0. The molecule has 0 saturated heterocycles. The second-order valence-corrected chi connectivity index (χ2v) is 5.82. The van der Waals surface area contributed by atoms with Crippen LogP contribution in [0.2, 0.25) is 0 Å². The van der Waals surface area contributed by atoms with Gasteiger partial charge in [0.2, 0.25) is 4.96 Å². The summed E-state index contributed by atoms with van der Waals surface area (Å²) in [6, 6.07) is 5.51. The Labute approximate surface area is 135 Å². The van der Waals surface area contributed by atoms with Crippen LogP contribution in [0.4, 0.5) is 4.39 Å². The predicted octanol–water partition coefficient (Wildman–Crippen LogP) is 1.37. The van der Waals surface area contributed by atoms with E-state index in [9.17, 15) is 9.18 Å². The van der Waals surface area contributed by atoms with Crippen LogP contribution in [-0.2, 0) is 11.2 Å². The first-order valence-electron chi connectivity index (χ1n) is 6.94. The van der Waals surface area contributed by atoms with Gasteiger partial charge in [-0.1, -0.05) is 11.3 Å². The summed E-state index contributed by atoms with van der Waals surface area (Å²) in [7, 11) is 0. The Morgan fingerprint density at radius 2 is 2.13 bits per heavy atom. The first-order chi connectivity index (χ1) is 11.1. The maximum Gasteiger partial charge on any atom is 0.257 e. The van der Waals surface area contributed by atoms with E-state index in [0.29, 0.717) is 18.7 Å². The van der Waals surface area contributed by atoms with E-state index in [1.165, 1.54) is 35.6 Å². The van der Waals surface area contributed by atoms with Crippen molar-refractivity contribution in [2.75, 3.05) is 13.2 Å². The highest BCUT2D eigenvalue weighted by Crippen LogP contribution is 2.13. The summed E-state index contributed by atoms with van der Waals surface area (Å²) in [4.78, 5) is 12.4. The predicted molar refractivity (Wildman–Crippen MR) is 82.0 cm³/mol. The van der Waals surface area contributed by atoms with Crippen molar-refractivity contribution in [1.82, 2.24) is 25.1 Å². The molecular formula is C14H14FN5O2S. The molecule has 0 saturated carbocycles. The van der Waals surface area contributed by atoms with Crippen LogP contribution in [0.25, 0.3) is 4.96 Å². The number of aryl methyl sites for hydroxylation is 1. The largest absolute Gasteiger partial charge is 0.484 e. The van der Waals surface area contributed by atoms with Crippen molar-refractivity contribution in [3.63, 3.8) is 0 Å². The van der Waals surface area contributed by atoms with Gasteiger partial charge in [0.15, 0.2) is 12.4 Å². The molecule has 0 unspecified atom stereocenters. The number of carbonyl (C=O) groups is 1. The van der Waals surface area contributed by atoms with E-state index in [1.807, 2.05) is 6.92 Å². The van der Waals surface area contributed by atoms with Crippen LogP contribution < -0.4 is 10.1 Å². The quantitative estimate of drug-likeness (QED) is 0.736. The van der Waals surface area contributed by atoms with Crippen LogP contribution in [0.1, 0.15) is 10.8 Å². The third-order valence-corrected chi connectivity index (χ3v) is 3.99. The Kier molecular flexibility index (Phi) is 4.47. The average molecular weight is 335 g/mol. The number of hydrogen-bond acceptors (Lipinski definition) is 6. The summed E-state index contributed by atoms with van der Waals surface area (Å²) >= 11 is 1.44. The molecule has 1 amide bonds. The second kappa shape index (κ2) is 6.69. The minimum Gasteiger partial charge on any atom is -0.484 e. The van der Waals surface area contributed by atoms with E-state index in [4.69, 9.17) is 4.74 Å². The fraction of sp³-hybridized carbons (Fsp3) is 0.286. The van der Waals surface area contributed by atoms with Crippen molar-refractivity contribution in [2.45, 2.75) is 13.3 Å². The maximum absolute atomic E-state index is 12.7. The van der Waals surface area contributed by atoms with Gasteiger partial charge in [0.1, 0.15) is 16.6 Å². The van der Waals surface area contributed by atoms with Crippen molar-refractivity contribution in [3.05, 3.63) is 40.9 Å². The molecule has 0 atom stereocenters. The molecule has 3 aromatic rings. The number of hydrogen-bond donors (Lipinski definition) is 1. The van der Waals surface area contributed by atoms with E-state index in [-0.39, 0.29) is 18.3 Å². The zero-order valence-electron chi connectivity index (χ0n) is 12.3. The first kappa shape index (κ1) is 15.3. The molecule has 0 aliphatic heterocycles. The lowest BCUT2D eigenvalue weighted by atomic mass is 10.3. The number of rotatable bonds is 6. The Morgan fingerprint density at radius 1 is 1.35 bits per heavy atom. The monoisotopic (exact) mass is 335 g/mol. The van der Waals surface area contributed by atoms with Crippen molar-refractivity contribution in [1.29, 1.82) is 0 Å². The zero-order chi connectivity index (χ0) is 16.2. The van der Waals surface area contributed by atoms with Gasteiger partial charge in [0, 0.05) is 13.0 Å². The molecule has 0 aliphatic carbocycles. The van der Waals surface area contributed by atoms with Gasteiger partial charge in [-0.3, -0.25) is 4.79 Å². The van der Waals surface area contributed by atoms with Gasteiger partial charge in [0.05, 0.1) is 0 Å². The molecule has 0 bridgehead atoms. The normalized spacial score (nSPS) is 10.9. The lowest BCUT2D eigenvalue weighted by molar-refractivity contribution is -0.123. The van der Waals surface area contributed by atoms with Crippen LogP contribution in [0, 0.1) is 12.7 Å². The summed E-state index contributed by atoms with van der Waals surface area (Å²) in [6.45, 7) is 2.17. The second-order valence-electron chi connectivity index (χ2n) is 4.78. The number of aromatic nitrogens is 4. The molecule has 1 aromatic carbocycles. The smallest absolute Gasteiger partial charge is 0.257 e. The van der Waals surface area contributed by atoms with Gasteiger partial charge in [-0.25, -0.2) is 4.39 Å². The Bertz CT molecular complexity index is 814. The molecule has 0 spiro atoms. The standard InChI is InChI=1S/C14H14FN5O2S/c1-9-17-18-14-20(9)19-13(23-14)6-7-16-12(21)8-22-11-4-2-10(15)3-5-11/h2-5H,6-8H2,1H3,(H,16,21). The lowest BCUT2D eigenvalue weighted by Gasteiger charge is -2.06. The number of fused-ring (bicyclic) bond motifs is 1. The van der Waals surface area contributed by atoms with Crippen molar-refractivity contribution in [3.8, 4) is 5.75 Å². The Balaban J connectivity index is 1.42. The number of carbonyl (C=O) groups excluding carboxylic acids is 1. The fourth-order valence-corrected chi connectivity index (χ4v) is 2.77. The summed E-state index contributed by atoms with van der Waals surface area (Å²) in [5, 5.41) is 15.9. The van der Waals surface area contributed by atoms with Crippen LogP contribution in [0.3, 0.4) is 0 Å². The minimum absolute atomic E-state index is 0.115. The van der Waals surface area contributed by atoms with Crippen LogP contribution in [0.15, 0.2) is 24.3 Å². The van der Waals surface area contributed by atoms with E-state index < -0.39 is 0 Å². The Morgan fingerprint density at radius 3 is 2.87 bits per heavy atom. The highest BCUT2D eigenvalue weighted by Gasteiger charge is 2.09. The number of halogens is 1. The first-order valence-corrected chi connectivity index (χ1v) is 7.76. The van der Waals surface area contributed by atoms with E-state index in [2.05, 4.69) is 20.6 Å². The summed E-state index contributed by atoms with van der Waals surface area (Å²) in [5.74, 6) is 0.598. The highest BCUT2D eigenvalue weighted by molar-refractivity contribution is 7.16. The van der Waals surface area contributed by atoms with Gasteiger partial charge >= 0.3 is 0 Å². The molecule has 7 nitrogen and oxygen atoms in total. The highest BCUT2D eigenvalue weighted by atomic mass is 32.1. The van der Waals surface area contributed by atoms with E-state index in [1.54, 1.807) is 4.52 Å². The molecule has 0 fully saturated rings. The van der Waals surface area contributed by atoms with Crippen LogP contribution >= 0.6 is 11.3 Å². The van der Waals surface area contributed by atoms with E-state index >= 15 is 0 Å². The Hall–Kier alpha value is -2.55. The van der Waals surface area contributed by atoms with Gasteiger partial charge in [-0.05, 0) is 31.2 Å². The van der Waals surface area contributed by atoms with Gasteiger partial charge in [-0.15, -0.1) is 10.2 Å². The number of benzene rings is 1. The van der Waals surface area contributed by atoms with Crippen molar-refractivity contribution in [2.24, 2.45) is 0 Å². The van der Waals surface area contributed by atoms with Gasteiger partial charge in [-0.2, -0.15) is 9.61 Å². The fourth-order valence-electron chi connectivity index (χ4n) is 1.89. The van der Waals surface area contributed by atoms with Crippen LogP contribution in [0.5, 0.6) is 5.75 Å². The molecule has 23 heavy (non-hydrogen) atoms. The third kappa shape index (κ3) is 3.81. The minimum atomic E-state index is -0.345. The number of nitrogens with zero attached hydrogens (tertiary/aromatic N) is 4. The topological polar surface area (TPSA) is 81.4 Å². The molecule has 120 valence electrons. The lowest BCUT2D eigenvalue weighted by Crippen LogP contribution is -2.30. The molecule has 3 rings (SSSR count). The third-order valence-electron chi connectivity index (χ3n) is 3.03.